The Hall–Kier alpha value is -3.54. The van der Waals surface area contributed by atoms with Gasteiger partial charge in [-0.3, -0.25) is 0 Å². The Morgan fingerprint density at radius 1 is 0.944 bits per heavy atom. The van der Waals surface area contributed by atoms with E-state index in [2.05, 4.69) is 0 Å². The van der Waals surface area contributed by atoms with Gasteiger partial charge in [-0.25, -0.2) is 9.18 Å². The van der Waals surface area contributed by atoms with Gasteiger partial charge in [-0.15, -0.1) is 0 Å². The molecule has 3 aromatic carbocycles. The second kappa shape index (κ2) is 11.0. The number of carbonyl (C=O) groups excluding carboxylic acids is 1. The van der Waals surface area contributed by atoms with Crippen molar-refractivity contribution >= 4 is 17.3 Å². The van der Waals surface area contributed by atoms with Gasteiger partial charge in [0.25, 0.3) is 0 Å². The summed E-state index contributed by atoms with van der Waals surface area (Å²) < 4.78 is 31.5. The zero-order valence-electron chi connectivity index (χ0n) is 21.4. The Labute approximate surface area is 212 Å². The van der Waals surface area contributed by atoms with Crippen molar-refractivity contribution in [3.63, 3.8) is 0 Å². The van der Waals surface area contributed by atoms with Crippen LogP contribution >= 0.6 is 0 Å². The number of carbonyl (C=O) groups is 1. The summed E-state index contributed by atoms with van der Waals surface area (Å²) in [5.41, 5.74) is 2.26. The first-order valence-corrected chi connectivity index (χ1v) is 12.4. The maximum absolute atomic E-state index is 14.0. The number of esters is 1. The summed E-state index contributed by atoms with van der Waals surface area (Å²) in [6.07, 6.45) is 4.55. The Kier molecular flexibility index (Phi) is 7.82. The van der Waals surface area contributed by atoms with Crippen molar-refractivity contribution in [3.05, 3.63) is 83.7 Å². The van der Waals surface area contributed by atoms with Crippen LogP contribution in [0.4, 0.5) is 15.8 Å². The quantitative estimate of drug-likeness (QED) is 0.306. The molecule has 0 amide bonds. The van der Waals surface area contributed by atoms with E-state index in [-0.39, 0.29) is 11.9 Å². The smallest absolute Gasteiger partial charge is 0.338 e. The van der Waals surface area contributed by atoms with Crippen LogP contribution in [0.25, 0.3) is 0 Å². The van der Waals surface area contributed by atoms with Crippen LogP contribution in [0.3, 0.4) is 0 Å². The van der Waals surface area contributed by atoms with Crippen molar-refractivity contribution in [3.8, 4) is 11.5 Å². The molecule has 1 aliphatic rings. The molecule has 6 heteroatoms. The van der Waals surface area contributed by atoms with Crippen molar-refractivity contribution in [1.82, 2.24) is 0 Å². The fraction of sp³-hybridized carbons (Fsp3) is 0.367. The number of methoxy groups -OCH3 is 1. The van der Waals surface area contributed by atoms with Crippen LogP contribution in [0.15, 0.2) is 66.7 Å². The highest BCUT2D eigenvalue weighted by Gasteiger charge is 2.22. The number of nitrogens with zero attached hydrogens (tertiary/aromatic N) is 1. The monoisotopic (exact) mass is 491 g/mol. The molecule has 0 aromatic heterocycles. The van der Waals surface area contributed by atoms with E-state index in [1.54, 1.807) is 25.3 Å². The van der Waals surface area contributed by atoms with E-state index in [0.29, 0.717) is 23.6 Å². The Balaban J connectivity index is 1.73. The number of ether oxygens (including phenoxy) is 3. The second-order valence-electron chi connectivity index (χ2n) is 10.1. The minimum Gasteiger partial charge on any atom is -0.493 e. The lowest BCUT2D eigenvalue weighted by atomic mass is 10.1. The summed E-state index contributed by atoms with van der Waals surface area (Å²) in [5.74, 6) is 0.651. The van der Waals surface area contributed by atoms with Gasteiger partial charge in [0, 0.05) is 24.0 Å². The maximum atomic E-state index is 14.0. The first-order valence-electron chi connectivity index (χ1n) is 12.4. The van der Waals surface area contributed by atoms with Crippen LogP contribution in [0.2, 0.25) is 0 Å². The van der Waals surface area contributed by atoms with Crippen LogP contribution < -0.4 is 14.4 Å². The van der Waals surface area contributed by atoms with E-state index in [1.807, 2.05) is 62.1 Å². The molecule has 0 saturated heterocycles. The zero-order chi connectivity index (χ0) is 25.7. The van der Waals surface area contributed by atoms with Gasteiger partial charge >= 0.3 is 5.97 Å². The minimum absolute atomic E-state index is 0.168. The highest BCUT2D eigenvalue weighted by Crippen LogP contribution is 2.38. The van der Waals surface area contributed by atoms with E-state index < -0.39 is 11.6 Å². The Bertz CT molecular complexity index is 1200. The van der Waals surface area contributed by atoms with E-state index >= 15 is 0 Å². The summed E-state index contributed by atoms with van der Waals surface area (Å²) in [6.45, 7) is 5.92. The summed E-state index contributed by atoms with van der Waals surface area (Å²) in [6, 6.07) is 19.6. The lowest BCUT2D eigenvalue weighted by molar-refractivity contribution is 0.00695. The predicted octanol–water partition coefficient (Wildman–Crippen LogP) is 7.45. The molecule has 0 spiro atoms. The van der Waals surface area contributed by atoms with Crippen LogP contribution in [0.5, 0.6) is 11.5 Å². The van der Waals surface area contributed by atoms with Crippen molar-refractivity contribution in [1.29, 1.82) is 0 Å². The van der Waals surface area contributed by atoms with E-state index in [4.69, 9.17) is 14.2 Å². The van der Waals surface area contributed by atoms with Crippen LogP contribution in [-0.4, -0.2) is 24.8 Å². The molecule has 1 aliphatic carbocycles. The SMILES string of the molecule is COc1ccc(N(Cc2cccc(F)c2)c2cccc(C(=O)OC(C)(C)C)c2)cc1OC1CCCC1. The summed E-state index contributed by atoms with van der Waals surface area (Å²) in [5, 5.41) is 0. The number of rotatable bonds is 8. The normalized spacial score (nSPS) is 13.9. The molecule has 1 fully saturated rings. The Morgan fingerprint density at radius 2 is 1.67 bits per heavy atom. The topological polar surface area (TPSA) is 48.0 Å². The predicted molar refractivity (Wildman–Crippen MR) is 140 cm³/mol. The molecule has 0 unspecified atom stereocenters. The summed E-state index contributed by atoms with van der Waals surface area (Å²) in [7, 11) is 1.63. The van der Waals surface area contributed by atoms with Crippen LogP contribution in [-0.2, 0) is 11.3 Å². The zero-order valence-corrected chi connectivity index (χ0v) is 21.4. The van der Waals surface area contributed by atoms with E-state index in [9.17, 15) is 9.18 Å². The molecule has 0 heterocycles. The largest absolute Gasteiger partial charge is 0.493 e. The molecule has 190 valence electrons. The van der Waals surface area contributed by atoms with Gasteiger partial charge in [0.2, 0.25) is 0 Å². The molecule has 0 bridgehead atoms. The summed E-state index contributed by atoms with van der Waals surface area (Å²) >= 11 is 0. The molecule has 1 saturated carbocycles. The molecular formula is C30H34FNO4. The lowest BCUT2D eigenvalue weighted by Gasteiger charge is -2.27. The van der Waals surface area contributed by atoms with Crippen molar-refractivity contribution in [2.24, 2.45) is 0 Å². The fourth-order valence-electron chi connectivity index (χ4n) is 4.40. The van der Waals surface area contributed by atoms with Crippen molar-refractivity contribution < 1.29 is 23.4 Å². The van der Waals surface area contributed by atoms with Gasteiger partial charge < -0.3 is 19.1 Å². The van der Waals surface area contributed by atoms with E-state index in [1.165, 1.54) is 12.1 Å². The van der Waals surface area contributed by atoms with Crippen LogP contribution in [0, 0.1) is 5.82 Å². The first kappa shape index (κ1) is 25.5. The number of halogens is 1. The third kappa shape index (κ3) is 6.56. The highest BCUT2D eigenvalue weighted by molar-refractivity contribution is 5.91. The van der Waals surface area contributed by atoms with Gasteiger partial charge in [0.05, 0.1) is 18.8 Å². The third-order valence-electron chi connectivity index (χ3n) is 6.08. The number of anilines is 2. The number of hydrogen-bond donors (Lipinski definition) is 0. The van der Waals surface area contributed by atoms with Gasteiger partial charge in [-0.1, -0.05) is 18.2 Å². The van der Waals surface area contributed by atoms with Gasteiger partial charge in [0.15, 0.2) is 11.5 Å². The molecule has 4 rings (SSSR count). The van der Waals surface area contributed by atoms with Gasteiger partial charge in [0.1, 0.15) is 11.4 Å². The molecular weight excluding hydrogens is 457 g/mol. The third-order valence-corrected chi connectivity index (χ3v) is 6.08. The second-order valence-corrected chi connectivity index (χ2v) is 10.1. The minimum atomic E-state index is -0.600. The summed E-state index contributed by atoms with van der Waals surface area (Å²) in [4.78, 5) is 14.8. The molecule has 5 nitrogen and oxygen atoms in total. The molecule has 3 aromatic rings. The highest BCUT2D eigenvalue weighted by atomic mass is 19.1. The average molecular weight is 492 g/mol. The van der Waals surface area contributed by atoms with E-state index in [0.717, 1.165) is 42.6 Å². The molecule has 0 radical (unpaired) electrons. The van der Waals surface area contributed by atoms with Crippen LogP contribution in [0.1, 0.15) is 62.4 Å². The standard InChI is InChI=1S/C30H34FNO4/c1-30(2,3)36-29(33)22-10-8-12-24(18-22)32(20-21-9-7-11-23(31)17-21)25-15-16-27(34-4)28(19-25)35-26-13-5-6-14-26/h7-12,15-19,26H,5-6,13-14,20H2,1-4H3. The Morgan fingerprint density at radius 3 is 2.36 bits per heavy atom. The van der Waals surface area contributed by atoms with Gasteiger partial charge in [-0.2, -0.15) is 0 Å². The van der Waals surface area contributed by atoms with Gasteiger partial charge in [-0.05, 0) is 94.5 Å². The molecule has 36 heavy (non-hydrogen) atoms. The fourth-order valence-corrected chi connectivity index (χ4v) is 4.40. The number of benzene rings is 3. The molecule has 0 aliphatic heterocycles. The molecule has 0 atom stereocenters. The lowest BCUT2D eigenvalue weighted by Crippen LogP contribution is -2.24. The number of hydrogen-bond acceptors (Lipinski definition) is 5. The average Bonchev–Trinajstić information content (AvgIpc) is 3.35. The molecule has 0 N–H and O–H groups in total. The maximum Gasteiger partial charge on any atom is 0.338 e. The van der Waals surface area contributed by atoms with Crippen molar-refractivity contribution in [2.75, 3.05) is 12.0 Å². The first-order chi connectivity index (χ1) is 17.2. The van der Waals surface area contributed by atoms with Crippen molar-refractivity contribution in [2.45, 2.75) is 64.7 Å².